The van der Waals surface area contributed by atoms with Crippen molar-refractivity contribution in [1.82, 2.24) is 0 Å². The Bertz CT molecular complexity index is 317. The zero-order valence-electron chi connectivity index (χ0n) is 11.1. The van der Waals surface area contributed by atoms with Gasteiger partial charge in [0.15, 0.2) is 0 Å². The van der Waals surface area contributed by atoms with E-state index in [9.17, 15) is 4.79 Å². The predicted octanol–water partition coefficient (Wildman–Crippen LogP) is 3.85. The lowest BCUT2D eigenvalue weighted by atomic mass is 9.84. The molecule has 0 bridgehead atoms. The standard InChI is InChI=1S/C15H24O2/c1-4-9-15(17-14(16)11(2)3)10-8-12-6-5-7-13(12)15/h12-13H,2,4-10H2,1,3H3. The molecule has 2 aliphatic carbocycles. The quantitative estimate of drug-likeness (QED) is 0.547. The molecule has 96 valence electrons. The number of ether oxygens (including phenoxy) is 1. The number of esters is 1. The van der Waals surface area contributed by atoms with E-state index in [4.69, 9.17) is 4.74 Å². The maximum absolute atomic E-state index is 11.8. The summed E-state index contributed by atoms with van der Waals surface area (Å²) in [4.78, 5) is 11.8. The average molecular weight is 236 g/mol. The zero-order valence-corrected chi connectivity index (χ0v) is 11.1. The van der Waals surface area contributed by atoms with Crippen LogP contribution in [0.1, 0.15) is 58.8 Å². The molecular weight excluding hydrogens is 212 g/mol. The monoisotopic (exact) mass is 236 g/mol. The molecular formula is C15H24O2. The van der Waals surface area contributed by atoms with E-state index in [2.05, 4.69) is 13.5 Å². The summed E-state index contributed by atoms with van der Waals surface area (Å²) in [6.45, 7) is 7.62. The minimum absolute atomic E-state index is 0.161. The SMILES string of the molecule is C=C(C)C(=O)OC1(CCC)CCC2CCCC21. The molecule has 0 aromatic rings. The molecule has 2 heteroatoms. The van der Waals surface area contributed by atoms with Crippen molar-refractivity contribution >= 4 is 5.97 Å². The molecule has 17 heavy (non-hydrogen) atoms. The molecule has 0 aromatic heterocycles. The molecule has 0 heterocycles. The highest BCUT2D eigenvalue weighted by Crippen LogP contribution is 2.53. The Morgan fingerprint density at radius 2 is 2.18 bits per heavy atom. The predicted molar refractivity (Wildman–Crippen MR) is 68.6 cm³/mol. The number of rotatable bonds is 4. The Balaban J connectivity index is 2.15. The van der Waals surface area contributed by atoms with Crippen LogP contribution in [0, 0.1) is 11.8 Å². The van der Waals surface area contributed by atoms with Gasteiger partial charge in [0.25, 0.3) is 0 Å². The highest BCUT2D eigenvalue weighted by atomic mass is 16.6. The highest BCUT2D eigenvalue weighted by molar-refractivity contribution is 5.87. The lowest BCUT2D eigenvalue weighted by Crippen LogP contribution is -2.39. The summed E-state index contributed by atoms with van der Waals surface area (Å²) >= 11 is 0. The largest absolute Gasteiger partial charge is 0.455 e. The van der Waals surface area contributed by atoms with Crippen LogP contribution in [-0.4, -0.2) is 11.6 Å². The number of fused-ring (bicyclic) bond motifs is 1. The molecule has 0 spiro atoms. The van der Waals surface area contributed by atoms with E-state index in [1.165, 1.54) is 25.7 Å². The first-order valence-corrected chi connectivity index (χ1v) is 6.98. The van der Waals surface area contributed by atoms with Gasteiger partial charge < -0.3 is 4.74 Å². The van der Waals surface area contributed by atoms with E-state index in [0.717, 1.165) is 25.2 Å². The molecule has 0 saturated heterocycles. The molecule has 0 aromatic carbocycles. The van der Waals surface area contributed by atoms with Gasteiger partial charge in [-0.2, -0.15) is 0 Å². The summed E-state index contributed by atoms with van der Waals surface area (Å²) in [7, 11) is 0. The topological polar surface area (TPSA) is 26.3 Å². The van der Waals surface area contributed by atoms with Crippen molar-refractivity contribution in [3.05, 3.63) is 12.2 Å². The summed E-state index contributed by atoms with van der Waals surface area (Å²) in [6, 6.07) is 0. The van der Waals surface area contributed by atoms with Crippen LogP contribution in [0.2, 0.25) is 0 Å². The van der Waals surface area contributed by atoms with Crippen molar-refractivity contribution in [2.24, 2.45) is 11.8 Å². The minimum atomic E-state index is -0.189. The van der Waals surface area contributed by atoms with Gasteiger partial charge in [0, 0.05) is 11.5 Å². The molecule has 2 aliphatic rings. The van der Waals surface area contributed by atoms with Crippen LogP contribution < -0.4 is 0 Å². The third kappa shape index (κ3) is 2.27. The fourth-order valence-electron chi connectivity index (χ4n) is 3.87. The van der Waals surface area contributed by atoms with Crippen LogP contribution in [0.3, 0.4) is 0 Å². The van der Waals surface area contributed by atoms with Gasteiger partial charge in [-0.05, 0) is 38.5 Å². The molecule has 0 aliphatic heterocycles. The van der Waals surface area contributed by atoms with Crippen LogP contribution >= 0.6 is 0 Å². The zero-order chi connectivity index (χ0) is 12.5. The first-order chi connectivity index (χ1) is 8.09. The summed E-state index contributed by atoms with van der Waals surface area (Å²) in [5.74, 6) is 1.23. The van der Waals surface area contributed by atoms with E-state index in [1.54, 1.807) is 6.92 Å². The molecule has 3 atom stereocenters. The fraction of sp³-hybridized carbons (Fsp3) is 0.800. The number of hydrogen-bond acceptors (Lipinski definition) is 2. The Kier molecular flexibility index (Phi) is 3.60. The van der Waals surface area contributed by atoms with Gasteiger partial charge in [-0.25, -0.2) is 4.79 Å². The molecule has 2 fully saturated rings. The van der Waals surface area contributed by atoms with Gasteiger partial charge >= 0.3 is 5.97 Å². The van der Waals surface area contributed by atoms with Gasteiger partial charge in [-0.1, -0.05) is 32.8 Å². The van der Waals surface area contributed by atoms with E-state index < -0.39 is 0 Å². The Labute approximate surface area is 104 Å². The molecule has 2 nitrogen and oxygen atoms in total. The number of carbonyl (C=O) groups is 1. The minimum Gasteiger partial charge on any atom is -0.455 e. The van der Waals surface area contributed by atoms with Crippen LogP contribution in [0.15, 0.2) is 12.2 Å². The Hall–Kier alpha value is -0.790. The molecule has 0 amide bonds. The third-order valence-electron chi connectivity index (χ3n) is 4.59. The van der Waals surface area contributed by atoms with Crippen LogP contribution in [0.5, 0.6) is 0 Å². The van der Waals surface area contributed by atoms with Gasteiger partial charge in [0.2, 0.25) is 0 Å². The normalized spacial score (nSPS) is 35.6. The second-order valence-electron chi connectivity index (χ2n) is 5.82. The summed E-state index contributed by atoms with van der Waals surface area (Å²) < 4.78 is 5.88. The van der Waals surface area contributed by atoms with E-state index in [0.29, 0.717) is 11.5 Å². The third-order valence-corrected chi connectivity index (χ3v) is 4.59. The second-order valence-corrected chi connectivity index (χ2v) is 5.82. The number of carbonyl (C=O) groups excluding carboxylic acids is 1. The van der Waals surface area contributed by atoms with Gasteiger partial charge in [-0.15, -0.1) is 0 Å². The Morgan fingerprint density at radius 1 is 1.41 bits per heavy atom. The van der Waals surface area contributed by atoms with Gasteiger partial charge in [0.05, 0.1) is 0 Å². The van der Waals surface area contributed by atoms with Crippen molar-refractivity contribution in [3.8, 4) is 0 Å². The first kappa shape index (κ1) is 12.7. The van der Waals surface area contributed by atoms with E-state index in [1.807, 2.05) is 0 Å². The highest BCUT2D eigenvalue weighted by Gasteiger charge is 2.52. The maximum Gasteiger partial charge on any atom is 0.333 e. The van der Waals surface area contributed by atoms with Gasteiger partial charge in [-0.3, -0.25) is 0 Å². The molecule has 2 rings (SSSR count). The van der Waals surface area contributed by atoms with Crippen LogP contribution in [0.25, 0.3) is 0 Å². The van der Waals surface area contributed by atoms with Crippen molar-refractivity contribution < 1.29 is 9.53 Å². The second kappa shape index (κ2) is 4.83. The average Bonchev–Trinajstić information content (AvgIpc) is 2.84. The smallest absolute Gasteiger partial charge is 0.333 e. The van der Waals surface area contributed by atoms with Crippen molar-refractivity contribution in [2.75, 3.05) is 0 Å². The molecule has 0 N–H and O–H groups in total. The molecule has 2 saturated carbocycles. The van der Waals surface area contributed by atoms with Crippen molar-refractivity contribution in [1.29, 1.82) is 0 Å². The van der Waals surface area contributed by atoms with E-state index in [-0.39, 0.29) is 11.6 Å². The van der Waals surface area contributed by atoms with Gasteiger partial charge in [0.1, 0.15) is 5.60 Å². The summed E-state index contributed by atoms with van der Waals surface area (Å²) in [6.07, 6.45) is 8.31. The number of hydrogen-bond donors (Lipinski definition) is 0. The lowest BCUT2D eigenvalue weighted by Gasteiger charge is -2.35. The molecule has 3 unspecified atom stereocenters. The van der Waals surface area contributed by atoms with Crippen LogP contribution in [-0.2, 0) is 9.53 Å². The van der Waals surface area contributed by atoms with Crippen molar-refractivity contribution in [3.63, 3.8) is 0 Å². The Morgan fingerprint density at radius 3 is 2.82 bits per heavy atom. The maximum atomic E-state index is 11.8. The summed E-state index contributed by atoms with van der Waals surface area (Å²) in [5, 5.41) is 0. The van der Waals surface area contributed by atoms with Crippen LogP contribution in [0.4, 0.5) is 0 Å². The molecule has 0 radical (unpaired) electrons. The first-order valence-electron chi connectivity index (χ1n) is 6.98. The fourth-order valence-corrected chi connectivity index (χ4v) is 3.87. The summed E-state index contributed by atoms with van der Waals surface area (Å²) in [5.41, 5.74) is 0.369. The van der Waals surface area contributed by atoms with Crippen molar-refractivity contribution in [2.45, 2.75) is 64.4 Å². The lowest BCUT2D eigenvalue weighted by molar-refractivity contribution is -0.160. The van der Waals surface area contributed by atoms with E-state index >= 15 is 0 Å².